The van der Waals surface area contributed by atoms with Gasteiger partial charge in [0.15, 0.2) is 0 Å². The molecule has 3 heteroatoms. The Bertz CT molecular complexity index is 578. The highest BCUT2D eigenvalue weighted by Gasteiger charge is 2.30. The van der Waals surface area contributed by atoms with E-state index in [1.54, 1.807) is 18.2 Å². The van der Waals surface area contributed by atoms with Gasteiger partial charge in [0.25, 0.3) is 0 Å². The van der Waals surface area contributed by atoms with Crippen LogP contribution in [0.25, 0.3) is 0 Å². The third kappa shape index (κ3) is 1.81. The molecule has 0 amide bonds. The van der Waals surface area contributed by atoms with Crippen LogP contribution < -0.4 is 0 Å². The Labute approximate surface area is 104 Å². The van der Waals surface area contributed by atoms with E-state index in [0.29, 0.717) is 6.42 Å². The maximum atomic E-state index is 13.3. The number of halogens is 2. The largest absolute Gasteiger partial charge is 0.388 e. The molecule has 18 heavy (non-hydrogen) atoms. The van der Waals surface area contributed by atoms with Crippen molar-refractivity contribution in [3.8, 4) is 0 Å². The van der Waals surface area contributed by atoms with Crippen LogP contribution in [0.1, 0.15) is 35.1 Å². The van der Waals surface area contributed by atoms with E-state index in [1.165, 1.54) is 24.3 Å². The molecule has 0 saturated heterocycles. The van der Waals surface area contributed by atoms with Gasteiger partial charge in [0.1, 0.15) is 11.6 Å². The molecule has 1 N–H and O–H groups in total. The molecule has 1 aliphatic carbocycles. The molecule has 1 aliphatic rings. The van der Waals surface area contributed by atoms with Crippen LogP contribution in [0.15, 0.2) is 42.5 Å². The first kappa shape index (κ1) is 11.4. The quantitative estimate of drug-likeness (QED) is 0.816. The predicted octanol–water partition coefficient (Wildman–Crippen LogP) is 3.53. The highest BCUT2D eigenvalue weighted by atomic mass is 19.1. The van der Waals surface area contributed by atoms with Gasteiger partial charge in [-0.3, -0.25) is 0 Å². The first-order valence-corrected chi connectivity index (χ1v) is 5.88. The molecule has 92 valence electrons. The summed E-state index contributed by atoms with van der Waals surface area (Å²) >= 11 is 0. The second-order valence-electron chi connectivity index (χ2n) is 4.63. The van der Waals surface area contributed by atoms with Crippen molar-refractivity contribution in [3.05, 3.63) is 70.8 Å². The van der Waals surface area contributed by atoms with E-state index in [2.05, 4.69) is 0 Å². The predicted molar refractivity (Wildman–Crippen MR) is 64.2 cm³/mol. The molecule has 0 fully saturated rings. The summed E-state index contributed by atoms with van der Waals surface area (Å²) in [5, 5.41) is 9.96. The van der Waals surface area contributed by atoms with Crippen LogP contribution in [0, 0.1) is 11.6 Å². The maximum absolute atomic E-state index is 13.3. The van der Waals surface area contributed by atoms with Crippen LogP contribution in [0.3, 0.4) is 0 Å². The third-order valence-electron chi connectivity index (χ3n) is 3.51. The summed E-state index contributed by atoms with van der Waals surface area (Å²) < 4.78 is 26.2. The molecule has 0 unspecified atom stereocenters. The van der Waals surface area contributed by atoms with Crippen LogP contribution in [0.2, 0.25) is 0 Å². The lowest BCUT2D eigenvalue weighted by Crippen LogP contribution is -1.97. The highest BCUT2D eigenvalue weighted by molar-refractivity contribution is 5.43. The first-order valence-electron chi connectivity index (χ1n) is 5.88. The molecule has 2 atom stereocenters. The van der Waals surface area contributed by atoms with E-state index >= 15 is 0 Å². The fourth-order valence-electron chi connectivity index (χ4n) is 2.64. The molecule has 0 aromatic heterocycles. The molecule has 2 aromatic carbocycles. The molecular formula is C15H12F2O. The molecule has 0 radical (unpaired) electrons. The third-order valence-corrected chi connectivity index (χ3v) is 3.51. The Morgan fingerprint density at radius 1 is 0.889 bits per heavy atom. The van der Waals surface area contributed by atoms with Crippen molar-refractivity contribution in [2.24, 2.45) is 0 Å². The van der Waals surface area contributed by atoms with Gasteiger partial charge in [-0.25, -0.2) is 8.78 Å². The van der Waals surface area contributed by atoms with Gasteiger partial charge < -0.3 is 5.11 Å². The van der Waals surface area contributed by atoms with E-state index < -0.39 is 6.10 Å². The minimum Gasteiger partial charge on any atom is -0.388 e. The van der Waals surface area contributed by atoms with Crippen molar-refractivity contribution in [2.45, 2.75) is 18.4 Å². The summed E-state index contributed by atoms with van der Waals surface area (Å²) in [4.78, 5) is 0. The van der Waals surface area contributed by atoms with Gasteiger partial charge in [0.2, 0.25) is 0 Å². The lowest BCUT2D eigenvalue weighted by Gasteiger charge is -2.11. The summed E-state index contributed by atoms with van der Waals surface area (Å²) in [6.07, 6.45) is -0.0552. The number of aliphatic hydroxyl groups excluding tert-OH is 1. The molecule has 2 aromatic rings. The number of hydrogen-bond donors (Lipinski definition) is 1. The first-order chi connectivity index (χ1) is 8.65. The summed E-state index contributed by atoms with van der Waals surface area (Å²) in [7, 11) is 0. The molecule has 0 spiro atoms. The molecule has 3 rings (SSSR count). The maximum Gasteiger partial charge on any atom is 0.123 e. The summed E-state index contributed by atoms with van der Waals surface area (Å²) in [6.45, 7) is 0. The van der Waals surface area contributed by atoms with Crippen LogP contribution in [0.5, 0.6) is 0 Å². The zero-order valence-electron chi connectivity index (χ0n) is 9.61. The molecule has 0 heterocycles. The monoisotopic (exact) mass is 246 g/mol. The lowest BCUT2D eigenvalue weighted by atomic mass is 9.93. The van der Waals surface area contributed by atoms with Gasteiger partial charge in [-0.05, 0) is 47.4 Å². The van der Waals surface area contributed by atoms with Gasteiger partial charge in [0, 0.05) is 5.92 Å². The molecule has 0 saturated carbocycles. The fourth-order valence-corrected chi connectivity index (χ4v) is 2.64. The van der Waals surface area contributed by atoms with E-state index in [9.17, 15) is 13.9 Å². The van der Waals surface area contributed by atoms with E-state index in [0.717, 1.165) is 16.7 Å². The van der Waals surface area contributed by atoms with Crippen molar-refractivity contribution >= 4 is 0 Å². The smallest absolute Gasteiger partial charge is 0.123 e. The Kier molecular flexibility index (Phi) is 2.63. The SMILES string of the molecule is O[C@@H]1C[C@H](c2ccc(F)cc2)c2cc(F)ccc21. The second-order valence-corrected chi connectivity index (χ2v) is 4.63. The number of fused-ring (bicyclic) bond motifs is 1. The van der Waals surface area contributed by atoms with Crippen LogP contribution in [-0.2, 0) is 0 Å². The average molecular weight is 246 g/mol. The zero-order chi connectivity index (χ0) is 12.7. The van der Waals surface area contributed by atoms with Crippen molar-refractivity contribution in [3.63, 3.8) is 0 Å². The lowest BCUT2D eigenvalue weighted by molar-refractivity contribution is 0.176. The number of rotatable bonds is 1. The Morgan fingerprint density at radius 2 is 1.56 bits per heavy atom. The topological polar surface area (TPSA) is 20.2 Å². The van der Waals surface area contributed by atoms with Gasteiger partial charge in [-0.1, -0.05) is 18.2 Å². The Morgan fingerprint density at radius 3 is 2.28 bits per heavy atom. The highest BCUT2D eigenvalue weighted by Crippen LogP contribution is 2.44. The van der Waals surface area contributed by atoms with Crippen LogP contribution in [-0.4, -0.2) is 5.11 Å². The molecule has 0 aliphatic heterocycles. The van der Waals surface area contributed by atoms with Gasteiger partial charge >= 0.3 is 0 Å². The minimum absolute atomic E-state index is 0.0636. The standard InChI is InChI=1S/C15H12F2O/c16-10-3-1-9(2-4-10)13-8-15(18)12-6-5-11(17)7-14(12)13/h1-7,13,15,18H,8H2/t13-,15-/m1/s1. The van der Waals surface area contributed by atoms with Crippen molar-refractivity contribution in [2.75, 3.05) is 0 Å². The van der Waals surface area contributed by atoms with Crippen LogP contribution >= 0.6 is 0 Å². The van der Waals surface area contributed by atoms with E-state index in [-0.39, 0.29) is 17.6 Å². The number of hydrogen-bond acceptors (Lipinski definition) is 1. The normalized spacial score (nSPS) is 21.9. The minimum atomic E-state index is -0.573. The zero-order valence-corrected chi connectivity index (χ0v) is 9.61. The number of benzene rings is 2. The molecular weight excluding hydrogens is 234 g/mol. The van der Waals surface area contributed by atoms with E-state index in [4.69, 9.17) is 0 Å². The Balaban J connectivity index is 2.06. The summed E-state index contributed by atoms with van der Waals surface area (Å²) in [5.74, 6) is -0.668. The van der Waals surface area contributed by atoms with Crippen molar-refractivity contribution < 1.29 is 13.9 Å². The summed E-state index contributed by atoms with van der Waals surface area (Å²) in [5.41, 5.74) is 2.47. The van der Waals surface area contributed by atoms with Gasteiger partial charge in [-0.15, -0.1) is 0 Å². The summed E-state index contributed by atoms with van der Waals surface area (Å²) in [6, 6.07) is 10.6. The molecule has 1 nitrogen and oxygen atoms in total. The van der Waals surface area contributed by atoms with E-state index in [1.807, 2.05) is 0 Å². The van der Waals surface area contributed by atoms with Crippen molar-refractivity contribution in [1.82, 2.24) is 0 Å². The van der Waals surface area contributed by atoms with Gasteiger partial charge in [0.05, 0.1) is 6.10 Å². The Hall–Kier alpha value is -1.74. The molecule has 0 bridgehead atoms. The average Bonchev–Trinajstić information content (AvgIpc) is 2.67. The van der Waals surface area contributed by atoms with Crippen LogP contribution in [0.4, 0.5) is 8.78 Å². The second kappa shape index (κ2) is 4.18. The number of aliphatic hydroxyl groups is 1. The van der Waals surface area contributed by atoms with Crippen molar-refractivity contribution in [1.29, 1.82) is 0 Å². The fraction of sp³-hybridized carbons (Fsp3) is 0.200. The van der Waals surface area contributed by atoms with Gasteiger partial charge in [-0.2, -0.15) is 0 Å².